The van der Waals surface area contributed by atoms with E-state index < -0.39 is 6.61 Å². The smallest absolute Gasteiger partial charge is 0.387 e. The standard InChI is InChI=1S/C22H18F2N4O2S/c1-13-10-17(14(2)28(13)15-6-5-9-25-11-15)20(29)27-22-26-18(12-31-22)16-7-3-4-8-19(16)30-21(23)24/h3-12,21H,1-2H3,(H,26,27,29). The normalized spacial score (nSPS) is 11.0. The molecule has 1 aromatic carbocycles. The summed E-state index contributed by atoms with van der Waals surface area (Å²) in [6.45, 7) is 0.840. The number of amides is 1. The molecule has 4 aromatic rings. The van der Waals surface area contributed by atoms with Crippen molar-refractivity contribution in [1.82, 2.24) is 14.5 Å². The average molecular weight is 440 g/mol. The highest BCUT2D eigenvalue weighted by Gasteiger charge is 2.19. The van der Waals surface area contributed by atoms with Gasteiger partial charge >= 0.3 is 6.61 Å². The lowest BCUT2D eigenvalue weighted by Crippen LogP contribution is -2.13. The molecule has 0 atom stereocenters. The molecule has 0 aliphatic rings. The van der Waals surface area contributed by atoms with Crippen LogP contribution in [-0.2, 0) is 0 Å². The first kappa shape index (κ1) is 20.7. The first-order valence-electron chi connectivity index (χ1n) is 9.34. The minimum Gasteiger partial charge on any atom is -0.434 e. The molecular formula is C22H18F2N4O2S. The highest BCUT2D eigenvalue weighted by Crippen LogP contribution is 2.33. The zero-order chi connectivity index (χ0) is 22.0. The Hall–Kier alpha value is -3.59. The van der Waals surface area contributed by atoms with Gasteiger partial charge in [-0.2, -0.15) is 8.78 Å². The molecule has 1 amide bonds. The highest BCUT2D eigenvalue weighted by atomic mass is 32.1. The summed E-state index contributed by atoms with van der Waals surface area (Å²) >= 11 is 1.21. The molecule has 0 spiro atoms. The second-order valence-corrected chi connectivity index (χ2v) is 7.56. The molecule has 3 aromatic heterocycles. The van der Waals surface area contributed by atoms with E-state index >= 15 is 0 Å². The highest BCUT2D eigenvalue weighted by molar-refractivity contribution is 7.14. The number of rotatable bonds is 6. The van der Waals surface area contributed by atoms with Gasteiger partial charge in [-0.1, -0.05) is 12.1 Å². The first-order valence-corrected chi connectivity index (χ1v) is 10.2. The van der Waals surface area contributed by atoms with Crippen LogP contribution in [0.25, 0.3) is 16.9 Å². The lowest BCUT2D eigenvalue weighted by molar-refractivity contribution is -0.0494. The number of nitrogens with zero attached hydrogens (tertiary/aromatic N) is 3. The van der Waals surface area contributed by atoms with Gasteiger partial charge in [0.25, 0.3) is 5.91 Å². The second-order valence-electron chi connectivity index (χ2n) is 6.70. The number of hydrogen-bond acceptors (Lipinski definition) is 5. The minimum absolute atomic E-state index is 0.0284. The maximum atomic E-state index is 12.9. The fraction of sp³-hybridized carbons (Fsp3) is 0.136. The van der Waals surface area contributed by atoms with Crippen molar-refractivity contribution in [3.05, 3.63) is 77.2 Å². The molecule has 0 aliphatic heterocycles. The number of hydrogen-bond donors (Lipinski definition) is 1. The van der Waals surface area contributed by atoms with Crippen molar-refractivity contribution in [2.24, 2.45) is 0 Å². The molecule has 3 heterocycles. The fourth-order valence-corrected chi connectivity index (χ4v) is 4.08. The predicted octanol–water partition coefficient (Wildman–Crippen LogP) is 5.47. The number of halogens is 2. The van der Waals surface area contributed by atoms with Gasteiger partial charge in [0.2, 0.25) is 0 Å². The number of anilines is 1. The third-order valence-electron chi connectivity index (χ3n) is 4.68. The lowest BCUT2D eigenvalue weighted by atomic mass is 10.1. The van der Waals surface area contributed by atoms with Crippen molar-refractivity contribution in [3.8, 4) is 22.7 Å². The van der Waals surface area contributed by atoms with Crippen molar-refractivity contribution >= 4 is 22.4 Å². The van der Waals surface area contributed by atoms with Crippen LogP contribution in [0.15, 0.2) is 60.2 Å². The van der Waals surface area contributed by atoms with Crippen molar-refractivity contribution < 1.29 is 18.3 Å². The Morgan fingerprint density at radius 1 is 1.19 bits per heavy atom. The Morgan fingerprint density at radius 3 is 2.74 bits per heavy atom. The molecule has 0 saturated heterocycles. The lowest BCUT2D eigenvalue weighted by Gasteiger charge is -2.09. The quantitative estimate of drug-likeness (QED) is 0.432. The van der Waals surface area contributed by atoms with E-state index in [-0.39, 0.29) is 11.7 Å². The zero-order valence-electron chi connectivity index (χ0n) is 16.7. The van der Waals surface area contributed by atoms with Gasteiger partial charge in [0.05, 0.1) is 23.1 Å². The molecule has 0 fully saturated rings. The van der Waals surface area contributed by atoms with Crippen LogP contribution in [0.1, 0.15) is 21.7 Å². The SMILES string of the molecule is Cc1cc(C(=O)Nc2nc(-c3ccccc3OC(F)F)cs2)c(C)n1-c1cccnc1. The molecule has 0 radical (unpaired) electrons. The van der Waals surface area contributed by atoms with Crippen LogP contribution in [0, 0.1) is 13.8 Å². The zero-order valence-corrected chi connectivity index (χ0v) is 17.5. The number of aromatic nitrogens is 3. The number of thiazole rings is 1. The van der Waals surface area contributed by atoms with Crippen LogP contribution in [0.3, 0.4) is 0 Å². The van der Waals surface area contributed by atoms with Crippen molar-refractivity contribution in [1.29, 1.82) is 0 Å². The molecule has 1 N–H and O–H groups in total. The molecular weight excluding hydrogens is 422 g/mol. The van der Waals surface area contributed by atoms with Gasteiger partial charge in [0.1, 0.15) is 5.75 Å². The van der Waals surface area contributed by atoms with E-state index in [9.17, 15) is 13.6 Å². The fourth-order valence-electron chi connectivity index (χ4n) is 3.37. The van der Waals surface area contributed by atoms with Crippen molar-refractivity contribution in [2.45, 2.75) is 20.5 Å². The monoisotopic (exact) mass is 440 g/mol. The summed E-state index contributed by atoms with van der Waals surface area (Å²) in [5.41, 5.74) is 3.92. The summed E-state index contributed by atoms with van der Waals surface area (Å²) in [7, 11) is 0. The molecule has 9 heteroatoms. The molecule has 0 saturated carbocycles. The van der Waals surface area contributed by atoms with E-state index in [1.165, 1.54) is 17.4 Å². The summed E-state index contributed by atoms with van der Waals surface area (Å²) in [5, 5.41) is 4.83. The topological polar surface area (TPSA) is 69.0 Å². The van der Waals surface area contributed by atoms with E-state index in [1.54, 1.807) is 42.0 Å². The molecule has 158 valence electrons. The third-order valence-corrected chi connectivity index (χ3v) is 5.44. The Kier molecular flexibility index (Phi) is 5.77. The van der Waals surface area contributed by atoms with Crippen LogP contribution in [0.4, 0.5) is 13.9 Å². The molecule has 4 rings (SSSR count). The Morgan fingerprint density at radius 2 is 2.00 bits per heavy atom. The van der Waals surface area contributed by atoms with Gasteiger partial charge < -0.3 is 9.30 Å². The molecule has 0 bridgehead atoms. The van der Waals surface area contributed by atoms with E-state index in [1.807, 2.05) is 30.5 Å². The maximum absolute atomic E-state index is 12.9. The summed E-state index contributed by atoms with van der Waals surface area (Å²) in [5.74, 6) is -0.276. The first-order chi connectivity index (χ1) is 14.9. The summed E-state index contributed by atoms with van der Waals surface area (Å²) < 4.78 is 31.9. The number of aryl methyl sites for hydroxylation is 1. The van der Waals surface area contributed by atoms with Crippen molar-refractivity contribution in [3.63, 3.8) is 0 Å². The molecule has 0 aliphatic carbocycles. The Bertz CT molecular complexity index is 1220. The number of para-hydroxylation sites is 1. The number of benzene rings is 1. The number of alkyl halides is 2. The Balaban J connectivity index is 1.57. The van der Waals surface area contributed by atoms with E-state index in [0.29, 0.717) is 22.0 Å². The van der Waals surface area contributed by atoms with Crippen LogP contribution in [0.5, 0.6) is 5.75 Å². The predicted molar refractivity (Wildman–Crippen MR) is 115 cm³/mol. The summed E-state index contributed by atoms with van der Waals surface area (Å²) in [6, 6.07) is 12.0. The van der Waals surface area contributed by atoms with Gasteiger partial charge in [-0.25, -0.2) is 4.98 Å². The number of carbonyl (C=O) groups excluding carboxylic acids is 1. The summed E-state index contributed by atoms with van der Waals surface area (Å²) in [6.07, 6.45) is 3.42. The van der Waals surface area contributed by atoms with E-state index in [0.717, 1.165) is 17.1 Å². The van der Waals surface area contributed by atoms with Crippen molar-refractivity contribution in [2.75, 3.05) is 5.32 Å². The number of ether oxygens (including phenoxy) is 1. The van der Waals surface area contributed by atoms with Crippen LogP contribution in [-0.4, -0.2) is 27.1 Å². The average Bonchev–Trinajstić information content (AvgIpc) is 3.32. The minimum atomic E-state index is -2.94. The molecule has 6 nitrogen and oxygen atoms in total. The van der Waals surface area contributed by atoms with Crippen LogP contribution in [0.2, 0.25) is 0 Å². The third kappa shape index (κ3) is 4.31. The summed E-state index contributed by atoms with van der Waals surface area (Å²) in [4.78, 5) is 21.4. The number of pyridine rings is 1. The number of nitrogens with one attached hydrogen (secondary N) is 1. The van der Waals surface area contributed by atoms with Gasteiger partial charge in [0, 0.05) is 28.5 Å². The maximum Gasteiger partial charge on any atom is 0.387 e. The Labute approximate surface area is 181 Å². The largest absolute Gasteiger partial charge is 0.434 e. The van der Waals surface area contributed by atoms with Gasteiger partial charge in [0.15, 0.2) is 5.13 Å². The van der Waals surface area contributed by atoms with Crippen LogP contribution >= 0.6 is 11.3 Å². The molecule has 0 unspecified atom stereocenters. The van der Waals surface area contributed by atoms with Gasteiger partial charge in [-0.05, 0) is 44.2 Å². The molecule has 31 heavy (non-hydrogen) atoms. The van der Waals surface area contributed by atoms with E-state index in [2.05, 4.69) is 20.0 Å². The van der Waals surface area contributed by atoms with Gasteiger partial charge in [-0.15, -0.1) is 11.3 Å². The number of carbonyl (C=O) groups is 1. The van der Waals surface area contributed by atoms with Crippen LogP contribution < -0.4 is 10.1 Å². The van der Waals surface area contributed by atoms with Gasteiger partial charge in [-0.3, -0.25) is 15.1 Å². The van der Waals surface area contributed by atoms with E-state index in [4.69, 9.17) is 0 Å². The second kappa shape index (κ2) is 8.65.